The van der Waals surface area contributed by atoms with Gasteiger partial charge in [0.15, 0.2) is 6.10 Å². The summed E-state index contributed by atoms with van der Waals surface area (Å²) in [5.41, 5.74) is 2.23. The number of hydrogen-bond donors (Lipinski definition) is 1. The molecule has 0 bridgehead atoms. The van der Waals surface area contributed by atoms with E-state index < -0.39 is 22.0 Å². The lowest BCUT2D eigenvalue weighted by atomic mass is 10.2. The minimum absolute atomic E-state index is 0.0344. The van der Waals surface area contributed by atoms with Crippen LogP contribution in [-0.2, 0) is 14.8 Å². The summed E-state index contributed by atoms with van der Waals surface area (Å²) in [6.07, 6.45) is -1.14. The van der Waals surface area contributed by atoms with Gasteiger partial charge in [0.2, 0.25) is 5.13 Å². The van der Waals surface area contributed by atoms with Crippen molar-refractivity contribution in [3.63, 3.8) is 0 Å². The van der Waals surface area contributed by atoms with E-state index in [0.717, 1.165) is 15.4 Å². The van der Waals surface area contributed by atoms with Crippen LogP contribution in [0.1, 0.15) is 5.56 Å². The molecule has 1 aromatic heterocycles. The van der Waals surface area contributed by atoms with Crippen molar-refractivity contribution in [2.45, 2.75) is 17.9 Å². The lowest BCUT2D eigenvalue weighted by Crippen LogP contribution is -2.48. The molecule has 0 spiro atoms. The molecule has 0 unspecified atom stereocenters. The average Bonchev–Trinajstić information content (AvgIpc) is 3.36. The van der Waals surface area contributed by atoms with Crippen LogP contribution in [0.4, 0.5) is 10.8 Å². The van der Waals surface area contributed by atoms with Crippen molar-refractivity contribution in [1.29, 1.82) is 0 Å². The molecule has 3 aromatic carbocycles. The number of methoxy groups -OCH3 is 1. The third-order valence-electron chi connectivity index (χ3n) is 5.68. The number of fused-ring (bicyclic) bond motifs is 1. The summed E-state index contributed by atoms with van der Waals surface area (Å²) in [6, 6.07) is 18.4. The van der Waals surface area contributed by atoms with Crippen molar-refractivity contribution in [3.05, 3.63) is 77.3 Å². The van der Waals surface area contributed by atoms with Gasteiger partial charge in [0.25, 0.3) is 15.9 Å². The Labute approximate surface area is 222 Å². The zero-order valence-corrected chi connectivity index (χ0v) is 22.1. The van der Waals surface area contributed by atoms with Crippen LogP contribution in [0.25, 0.3) is 10.6 Å². The van der Waals surface area contributed by atoms with Crippen molar-refractivity contribution in [2.24, 2.45) is 0 Å². The van der Waals surface area contributed by atoms with Gasteiger partial charge >= 0.3 is 0 Å². The van der Waals surface area contributed by atoms with Gasteiger partial charge in [-0.1, -0.05) is 52.8 Å². The number of aromatic nitrogens is 2. The summed E-state index contributed by atoms with van der Waals surface area (Å²) >= 11 is 7.37. The van der Waals surface area contributed by atoms with E-state index in [2.05, 4.69) is 15.5 Å². The molecule has 190 valence electrons. The van der Waals surface area contributed by atoms with Gasteiger partial charge in [-0.25, -0.2) is 8.42 Å². The number of anilines is 2. The van der Waals surface area contributed by atoms with E-state index in [9.17, 15) is 13.2 Å². The molecule has 5 rings (SSSR count). The highest BCUT2D eigenvalue weighted by Gasteiger charge is 2.38. The third kappa shape index (κ3) is 5.10. The third-order valence-corrected chi connectivity index (χ3v) is 8.60. The highest BCUT2D eigenvalue weighted by molar-refractivity contribution is 7.92. The Morgan fingerprint density at radius 1 is 1.11 bits per heavy atom. The monoisotopic (exact) mass is 556 g/mol. The van der Waals surface area contributed by atoms with Gasteiger partial charge in [0, 0.05) is 10.6 Å². The number of amides is 1. The molecule has 0 saturated carbocycles. The summed E-state index contributed by atoms with van der Waals surface area (Å²) in [5, 5.41) is 12.2. The van der Waals surface area contributed by atoms with Crippen LogP contribution < -0.4 is 19.1 Å². The maximum absolute atomic E-state index is 13.6. The first kappa shape index (κ1) is 25.0. The minimum Gasteiger partial charge on any atom is -0.497 e. The molecule has 4 aromatic rings. The number of nitrogens with one attached hydrogen (secondary N) is 1. The zero-order valence-electron chi connectivity index (χ0n) is 19.7. The molecule has 1 aliphatic heterocycles. The Morgan fingerprint density at radius 3 is 2.54 bits per heavy atom. The van der Waals surface area contributed by atoms with Crippen LogP contribution in [0.3, 0.4) is 0 Å². The Bertz CT molecular complexity index is 1560. The number of ether oxygens (including phenoxy) is 2. The van der Waals surface area contributed by atoms with Crippen molar-refractivity contribution in [1.82, 2.24) is 10.2 Å². The number of halogens is 1. The fourth-order valence-corrected chi connectivity index (χ4v) is 6.12. The predicted molar refractivity (Wildman–Crippen MR) is 142 cm³/mol. The first-order chi connectivity index (χ1) is 17.7. The molecule has 1 aliphatic rings. The number of nitrogens with zero attached hydrogens (tertiary/aromatic N) is 3. The highest BCUT2D eigenvalue weighted by atomic mass is 35.5. The van der Waals surface area contributed by atoms with Crippen molar-refractivity contribution in [3.8, 4) is 22.1 Å². The summed E-state index contributed by atoms with van der Waals surface area (Å²) in [5.74, 6) is 0.177. The van der Waals surface area contributed by atoms with Gasteiger partial charge in [0.05, 0.1) is 24.2 Å². The van der Waals surface area contributed by atoms with Gasteiger partial charge in [-0.3, -0.25) is 14.4 Å². The van der Waals surface area contributed by atoms with E-state index in [1.54, 1.807) is 18.2 Å². The second-order valence-electron chi connectivity index (χ2n) is 8.20. The van der Waals surface area contributed by atoms with Crippen molar-refractivity contribution >= 4 is 49.7 Å². The standard InChI is InChI=1S/C25H21ClN4O5S2/c1-15-3-5-16(6-4-15)24-28-29-25(36-24)27-23(31)22-14-30(20-13-17(26)7-12-21(20)35-22)37(32,33)19-10-8-18(34-2)9-11-19/h3-13,22H,14H2,1-2H3,(H,27,29,31)/t22-/m0/s1. The van der Waals surface area contributed by atoms with Crippen LogP contribution in [0, 0.1) is 6.92 Å². The second kappa shape index (κ2) is 10.0. The predicted octanol–water partition coefficient (Wildman–Crippen LogP) is 4.77. The van der Waals surface area contributed by atoms with E-state index >= 15 is 0 Å². The topological polar surface area (TPSA) is 111 Å². The number of carbonyl (C=O) groups is 1. The number of sulfonamides is 1. The smallest absolute Gasteiger partial charge is 0.269 e. The average molecular weight is 557 g/mol. The molecule has 12 heteroatoms. The van der Waals surface area contributed by atoms with Gasteiger partial charge in [-0.05, 0) is 49.4 Å². The maximum Gasteiger partial charge on any atom is 0.269 e. The fourth-order valence-electron chi connectivity index (χ4n) is 3.74. The van der Waals surface area contributed by atoms with E-state index in [-0.39, 0.29) is 28.0 Å². The van der Waals surface area contributed by atoms with Gasteiger partial charge in [0.1, 0.15) is 16.5 Å². The normalized spacial score (nSPS) is 15.0. The number of rotatable bonds is 6. The molecule has 1 atom stereocenters. The Kier molecular flexibility index (Phi) is 6.76. The van der Waals surface area contributed by atoms with E-state index in [1.165, 1.54) is 42.7 Å². The van der Waals surface area contributed by atoms with E-state index in [0.29, 0.717) is 15.8 Å². The molecule has 0 radical (unpaired) electrons. The van der Waals surface area contributed by atoms with Crippen LogP contribution in [-0.4, -0.2) is 44.3 Å². The van der Waals surface area contributed by atoms with Crippen LogP contribution in [0.5, 0.6) is 11.5 Å². The molecule has 1 N–H and O–H groups in total. The second-order valence-corrected chi connectivity index (χ2v) is 11.5. The molecular weight excluding hydrogens is 536 g/mol. The maximum atomic E-state index is 13.6. The SMILES string of the molecule is COc1ccc(S(=O)(=O)N2C[C@@H](C(=O)Nc3nnc(-c4ccc(C)cc4)s3)Oc3ccc(Cl)cc32)cc1. The highest BCUT2D eigenvalue weighted by Crippen LogP contribution is 2.39. The summed E-state index contributed by atoms with van der Waals surface area (Å²) < 4.78 is 39.4. The van der Waals surface area contributed by atoms with Crippen LogP contribution >= 0.6 is 22.9 Å². The van der Waals surface area contributed by atoms with Crippen LogP contribution in [0.2, 0.25) is 5.02 Å². The van der Waals surface area contributed by atoms with Gasteiger partial charge in [-0.15, -0.1) is 10.2 Å². The molecule has 0 aliphatic carbocycles. The van der Waals surface area contributed by atoms with Crippen LogP contribution in [0.15, 0.2) is 71.6 Å². The number of hydrogen-bond acceptors (Lipinski definition) is 8. The number of carbonyl (C=O) groups excluding carboxylic acids is 1. The molecule has 0 saturated heterocycles. The number of aryl methyl sites for hydroxylation is 1. The Hall–Kier alpha value is -3.67. The molecule has 1 amide bonds. The van der Waals surface area contributed by atoms with E-state index in [1.807, 2.05) is 31.2 Å². The molecule has 2 heterocycles. The number of benzene rings is 3. The quantitative estimate of drug-likeness (QED) is 0.364. The summed E-state index contributed by atoms with van der Waals surface area (Å²) in [6.45, 7) is 1.72. The summed E-state index contributed by atoms with van der Waals surface area (Å²) in [7, 11) is -2.56. The first-order valence-corrected chi connectivity index (χ1v) is 13.7. The zero-order chi connectivity index (χ0) is 26.2. The van der Waals surface area contributed by atoms with Crippen molar-refractivity contribution in [2.75, 3.05) is 23.3 Å². The van der Waals surface area contributed by atoms with Crippen molar-refractivity contribution < 1.29 is 22.7 Å². The van der Waals surface area contributed by atoms with E-state index in [4.69, 9.17) is 21.1 Å². The fraction of sp³-hybridized carbons (Fsp3) is 0.160. The largest absolute Gasteiger partial charge is 0.497 e. The molecule has 9 nitrogen and oxygen atoms in total. The summed E-state index contributed by atoms with van der Waals surface area (Å²) in [4.78, 5) is 13.2. The molecular formula is C25H21ClN4O5S2. The first-order valence-electron chi connectivity index (χ1n) is 11.1. The molecule has 37 heavy (non-hydrogen) atoms. The molecule has 0 fully saturated rings. The van der Waals surface area contributed by atoms with Gasteiger partial charge in [-0.2, -0.15) is 0 Å². The Morgan fingerprint density at radius 2 is 1.84 bits per heavy atom. The Balaban J connectivity index is 1.41. The lowest BCUT2D eigenvalue weighted by Gasteiger charge is -2.34. The van der Waals surface area contributed by atoms with Gasteiger partial charge < -0.3 is 9.47 Å². The minimum atomic E-state index is -4.06. The lowest BCUT2D eigenvalue weighted by molar-refractivity contribution is -0.122.